The number of hydrogen-bond acceptors (Lipinski definition) is 4. The summed E-state index contributed by atoms with van der Waals surface area (Å²) >= 11 is 0. The molecule has 1 saturated carbocycles. The summed E-state index contributed by atoms with van der Waals surface area (Å²) in [6.07, 6.45) is 5.50. The Bertz CT molecular complexity index is 1340. The van der Waals surface area contributed by atoms with Gasteiger partial charge >= 0.3 is 0 Å². The Kier molecular flexibility index (Phi) is 4.39. The number of benzene rings is 2. The molecular weight excluding hydrogens is 390 g/mol. The van der Waals surface area contributed by atoms with Crippen LogP contribution in [0.1, 0.15) is 44.7 Å². The van der Waals surface area contributed by atoms with E-state index in [4.69, 9.17) is 5.73 Å². The van der Waals surface area contributed by atoms with Gasteiger partial charge in [0.1, 0.15) is 5.82 Å². The van der Waals surface area contributed by atoms with Gasteiger partial charge in [0, 0.05) is 41.3 Å². The third kappa shape index (κ3) is 3.38. The number of nitrogen functional groups attached to an aromatic ring is 1. The van der Waals surface area contributed by atoms with Gasteiger partial charge in [0.2, 0.25) is 0 Å². The Morgan fingerprint density at radius 3 is 2.65 bits per heavy atom. The monoisotopic (exact) mass is 413 g/mol. The van der Waals surface area contributed by atoms with Gasteiger partial charge in [-0.05, 0) is 61.7 Å². The summed E-state index contributed by atoms with van der Waals surface area (Å²) in [6.45, 7) is 1.92. The predicted octanol–water partition coefficient (Wildman–Crippen LogP) is 3.38. The fourth-order valence-electron chi connectivity index (χ4n) is 3.78. The van der Waals surface area contributed by atoms with E-state index in [1.54, 1.807) is 18.2 Å². The molecule has 0 atom stereocenters. The largest absolute Gasteiger partial charge is 0.383 e. The molecule has 1 aliphatic rings. The first-order valence-electron chi connectivity index (χ1n) is 10.3. The average molecular weight is 413 g/mol. The van der Waals surface area contributed by atoms with Crippen molar-refractivity contribution in [2.75, 3.05) is 5.73 Å². The fraction of sp³-hybridized carbons (Fsp3) is 0.208. The summed E-state index contributed by atoms with van der Waals surface area (Å²) in [7, 11) is 1.97. The maximum atomic E-state index is 13.1. The first-order valence-corrected chi connectivity index (χ1v) is 10.3. The number of aryl methyl sites for hydroxylation is 2. The molecule has 7 heteroatoms. The van der Waals surface area contributed by atoms with Gasteiger partial charge in [-0.15, -0.1) is 0 Å². The van der Waals surface area contributed by atoms with Crippen LogP contribution in [0.2, 0.25) is 0 Å². The Labute approximate surface area is 179 Å². The molecule has 0 radical (unpaired) electrons. The van der Waals surface area contributed by atoms with Crippen LogP contribution >= 0.6 is 0 Å². The number of carbonyl (C=O) groups excluding carboxylic acids is 2. The quantitative estimate of drug-likeness (QED) is 0.491. The molecule has 0 bridgehead atoms. The summed E-state index contributed by atoms with van der Waals surface area (Å²) < 4.78 is 3.53. The van der Waals surface area contributed by atoms with Crippen LogP contribution in [-0.4, -0.2) is 32.1 Å². The zero-order valence-electron chi connectivity index (χ0n) is 17.4. The highest BCUT2D eigenvalue weighted by atomic mass is 16.1. The third-order valence-corrected chi connectivity index (χ3v) is 5.81. The molecule has 1 amide bonds. The number of rotatable bonds is 5. The molecule has 3 N–H and O–H groups in total. The minimum atomic E-state index is -0.185. The highest BCUT2D eigenvalue weighted by Gasteiger charge is 2.24. The van der Waals surface area contributed by atoms with E-state index in [1.165, 1.54) is 10.9 Å². The number of nitrogens with zero attached hydrogens (tertiary/aromatic N) is 3. The zero-order valence-corrected chi connectivity index (χ0v) is 17.4. The number of ketones is 1. The number of nitrogens with one attached hydrogen (secondary N) is 1. The van der Waals surface area contributed by atoms with Crippen molar-refractivity contribution >= 4 is 28.4 Å². The maximum Gasteiger partial charge on any atom is 0.251 e. The minimum Gasteiger partial charge on any atom is -0.383 e. The molecule has 4 aromatic rings. The molecule has 0 aliphatic heterocycles. The number of nitrogens with two attached hydrogens (primary N) is 1. The summed E-state index contributed by atoms with van der Waals surface area (Å²) in [5.41, 5.74) is 10.4. The lowest BCUT2D eigenvalue weighted by Crippen LogP contribution is -2.25. The topological polar surface area (TPSA) is 94.9 Å². The lowest BCUT2D eigenvalue weighted by Gasteiger charge is -2.11. The highest BCUT2D eigenvalue weighted by molar-refractivity contribution is 6.13. The van der Waals surface area contributed by atoms with Gasteiger partial charge in [-0.3, -0.25) is 9.59 Å². The zero-order chi connectivity index (χ0) is 21.7. The summed E-state index contributed by atoms with van der Waals surface area (Å²) in [5, 5.41) is 8.35. The van der Waals surface area contributed by atoms with Crippen molar-refractivity contribution in [1.82, 2.24) is 19.7 Å². The molecule has 0 spiro atoms. The van der Waals surface area contributed by atoms with Crippen molar-refractivity contribution in [3.8, 4) is 5.69 Å². The number of fused-ring (bicyclic) bond motifs is 1. The van der Waals surface area contributed by atoms with Crippen molar-refractivity contribution in [2.24, 2.45) is 7.05 Å². The van der Waals surface area contributed by atoms with Crippen molar-refractivity contribution in [3.63, 3.8) is 0 Å². The van der Waals surface area contributed by atoms with Gasteiger partial charge in [-0.2, -0.15) is 5.10 Å². The SMILES string of the molecule is Cc1ccc(C(=O)NC2CC2)cc1-n1ncc(C(=O)c2ccc3c(ccn3C)c2)c1N. The van der Waals surface area contributed by atoms with Crippen LogP contribution in [0.4, 0.5) is 5.82 Å². The number of aromatic nitrogens is 3. The fourth-order valence-corrected chi connectivity index (χ4v) is 3.78. The van der Waals surface area contributed by atoms with Gasteiger partial charge in [-0.1, -0.05) is 6.07 Å². The lowest BCUT2D eigenvalue weighted by molar-refractivity contribution is 0.0950. The van der Waals surface area contributed by atoms with E-state index in [2.05, 4.69) is 10.4 Å². The molecule has 156 valence electrons. The second kappa shape index (κ2) is 7.12. The Hall–Kier alpha value is -3.87. The van der Waals surface area contributed by atoms with E-state index in [0.29, 0.717) is 22.4 Å². The molecule has 2 aromatic heterocycles. The number of hydrogen-bond donors (Lipinski definition) is 2. The van der Waals surface area contributed by atoms with Crippen LogP contribution in [-0.2, 0) is 7.05 Å². The Morgan fingerprint density at radius 2 is 1.87 bits per heavy atom. The molecule has 5 rings (SSSR count). The number of amides is 1. The molecule has 1 aliphatic carbocycles. The molecule has 2 heterocycles. The van der Waals surface area contributed by atoms with Gasteiger partial charge in [-0.25, -0.2) is 4.68 Å². The second-order valence-electron chi connectivity index (χ2n) is 8.13. The van der Waals surface area contributed by atoms with Crippen LogP contribution in [0.15, 0.2) is 54.9 Å². The first kappa shape index (κ1) is 19.1. The van der Waals surface area contributed by atoms with Crippen LogP contribution in [0.3, 0.4) is 0 Å². The molecule has 0 unspecified atom stereocenters. The van der Waals surface area contributed by atoms with E-state index in [1.807, 2.05) is 49.0 Å². The van der Waals surface area contributed by atoms with Gasteiger partial charge in [0.15, 0.2) is 5.78 Å². The molecule has 1 fully saturated rings. The lowest BCUT2D eigenvalue weighted by atomic mass is 10.0. The smallest absolute Gasteiger partial charge is 0.251 e. The predicted molar refractivity (Wildman–Crippen MR) is 120 cm³/mol. The normalized spacial score (nSPS) is 13.5. The average Bonchev–Trinajstić information content (AvgIpc) is 3.39. The molecule has 0 saturated heterocycles. The van der Waals surface area contributed by atoms with Crippen molar-refractivity contribution < 1.29 is 9.59 Å². The van der Waals surface area contributed by atoms with Gasteiger partial charge < -0.3 is 15.6 Å². The van der Waals surface area contributed by atoms with Crippen LogP contribution < -0.4 is 11.1 Å². The van der Waals surface area contributed by atoms with Gasteiger partial charge in [0.25, 0.3) is 5.91 Å². The number of anilines is 1. The second-order valence-corrected chi connectivity index (χ2v) is 8.13. The first-order chi connectivity index (χ1) is 14.9. The van der Waals surface area contributed by atoms with E-state index < -0.39 is 0 Å². The van der Waals surface area contributed by atoms with Crippen molar-refractivity contribution in [1.29, 1.82) is 0 Å². The van der Waals surface area contributed by atoms with Crippen LogP contribution in [0.25, 0.3) is 16.6 Å². The van der Waals surface area contributed by atoms with E-state index in [0.717, 1.165) is 29.3 Å². The Balaban J connectivity index is 1.49. The minimum absolute atomic E-state index is 0.109. The van der Waals surface area contributed by atoms with Crippen LogP contribution in [0.5, 0.6) is 0 Å². The summed E-state index contributed by atoms with van der Waals surface area (Å²) in [5.74, 6) is -0.0438. The highest BCUT2D eigenvalue weighted by Crippen LogP contribution is 2.26. The van der Waals surface area contributed by atoms with E-state index >= 15 is 0 Å². The standard InChI is InChI=1S/C24H23N5O2/c1-14-3-4-17(24(31)27-18-6-7-18)12-21(14)29-23(25)19(13-26-29)22(30)16-5-8-20-15(11-16)9-10-28(20)2/h3-5,8-13,18H,6-7,25H2,1-2H3,(H,27,31). The van der Waals surface area contributed by atoms with Crippen molar-refractivity contribution in [2.45, 2.75) is 25.8 Å². The number of carbonyl (C=O) groups is 2. The van der Waals surface area contributed by atoms with E-state index in [-0.39, 0.29) is 23.6 Å². The van der Waals surface area contributed by atoms with E-state index in [9.17, 15) is 9.59 Å². The van der Waals surface area contributed by atoms with Crippen molar-refractivity contribution in [3.05, 3.63) is 77.1 Å². The molecule has 31 heavy (non-hydrogen) atoms. The Morgan fingerprint density at radius 1 is 1.10 bits per heavy atom. The summed E-state index contributed by atoms with van der Waals surface area (Å²) in [6, 6.07) is 13.3. The summed E-state index contributed by atoms with van der Waals surface area (Å²) in [4.78, 5) is 25.6. The maximum absolute atomic E-state index is 13.1. The van der Waals surface area contributed by atoms with Gasteiger partial charge in [0.05, 0.1) is 17.4 Å². The third-order valence-electron chi connectivity index (χ3n) is 5.81. The molecule has 7 nitrogen and oxygen atoms in total. The van der Waals surface area contributed by atoms with Crippen LogP contribution in [0, 0.1) is 6.92 Å². The molecule has 2 aromatic carbocycles. The molecular formula is C24H23N5O2.